The quantitative estimate of drug-likeness (QED) is 0.210. The van der Waals surface area contributed by atoms with Gasteiger partial charge >= 0.3 is 0 Å². The van der Waals surface area contributed by atoms with E-state index in [9.17, 15) is 25.9 Å². The lowest BCUT2D eigenvalue weighted by Crippen LogP contribution is -2.29. The average Bonchev–Trinajstić information content (AvgIpc) is 2.77. The van der Waals surface area contributed by atoms with Crippen molar-refractivity contribution in [1.82, 2.24) is 4.58 Å². The van der Waals surface area contributed by atoms with Gasteiger partial charge in [-0.15, -0.1) is 0 Å². The van der Waals surface area contributed by atoms with E-state index in [0.717, 1.165) is 30.6 Å². The van der Waals surface area contributed by atoms with Crippen LogP contribution in [0.25, 0.3) is 33.4 Å². The van der Waals surface area contributed by atoms with Gasteiger partial charge in [-0.2, -0.15) is 16.8 Å². The molecule has 0 atom stereocenters. The van der Waals surface area contributed by atoms with E-state index in [1.807, 2.05) is 26.0 Å². The van der Waals surface area contributed by atoms with Crippen LogP contribution in [0.1, 0.15) is 13.8 Å². The van der Waals surface area contributed by atoms with Gasteiger partial charge in [-0.25, -0.2) is 4.58 Å². The highest BCUT2D eigenvalue weighted by Crippen LogP contribution is 2.43. The molecule has 0 saturated carbocycles. The highest BCUT2D eigenvalue weighted by molar-refractivity contribution is 9.10. The van der Waals surface area contributed by atoms with Crippen LogP contribution in [0.4, 0.5) is 0 Å². The van der Waals surface area contributed by atoms with Crippen LogP contribution in [0.3, 0.4) is 0 Å². The molecule has 11 heteroatoms. The summed E-state index contributed by atoms with van der Waals surface area (Å²) in [6.45, 7) is 5.62. The second kappa shape index (κ2) is 8.90. The predicted molar refractivity (Wildman–Crippen MR) is 132 cm³/mol. The third-order valence-electron chi connectivity index (χ3n) is 5.59. The number of fused-ring (bicyclic) bond motifs is 2. The molecule has 1 heterocycles. The van der Waals surface area contributed by atoms with Crippen molar-refractivity contribution >= 4 is 47.1 Å². The zero-order valence-corrected chi connectivity index (χ0v) is 21.4. The lowest BCUT2D eigenvalue weighted by atomic mass is 9.93. The van der Waals surface area contributed by atoms with Crippen molar-refractivity contribution < 1.29 is 30.4 Å². The van der Waals surface area contributed by atoms with Crippen molar-refractivity contribution in [3.8, 4) is 22.5 Å². The predicted octanol–water partition coefficient (Wildman–Crippen LogP) is 4.27. The molecule has 0 spiro atoms. The van der Waals surface area contributed by atoms with Gasteiger partial charge in [0.25, 0.3) is 20.2 Å². The van der Waals surface area contributed by atoms with E-state index >= 15 is 0 Å². The highest BCUT2D eigenvalue weighted by atomic mass is 79.9. The molecule has 0 unspecified atom stereocenters. The Morgan fingerprint density at radius 3 is 2.15 bits per heavy atom. The fourth-order valence-electron chi connectivity index (χ4n) is 4.01. The van der Waals surface area contributed by atoms with Gasteiger partial charge in [0, 0.05) is 32.6 Å². The van der Waals surface area contributed by atoms with Crippen molar-refractivity contribution in [2.24, 2.45) is 0 Å². The smallest absolute Gasteiger partial charge is 0.295 e. The molecular formula is C23H21BrNO7S2+. The Hall–Kier alpha value is -2.57. The van der Waals surface area contributed by atoms with Gasteiger partial charge in [0.1, 0.15) is 29.3 Å². The number of benzene rings is 3. The Morgan fingerprint density at radius 1 is 0.853 bits per heavy atom. The second-order valence-electron chi connectivity index (χ2n) is 7.58. The first kappa shape index (κ1) is 24.6. The van der Waals surface area contributed by atoms with Crippen molar-refractivity contribution in [2.45, 2.75) is 23.6 Å². The molecule has 0 fully saturated rings. The summed E-state index contributed by atoms with van der Waals surface area (Å²) in [5, 5.41) is 1.46. The minimum Gasteiger partial charge on any atom is -0.456 e. The molecule has 1 aliphatic heterocycles. The van der Waals surface area contributed by atoms with Crippen LogP contribution >= 0.6 is 15.9 Å². The largest absolute Gasteiger partial charge is 0.456 e. The molecule has 0 saturated heterocycles. The van der Waals surface area contributed by atoms with Gasteiger partial charge in [-0.1, -0.05) is 22.0 Å². The zero-order chi connectivity index (χ0) is 24.8. The topological polar surface area (TPSA) is 125 Å². The van der Waals surface area contributed by atoms with Crippen LogP contribution in [0.15, 0.2) is 73.3 Å². The lowest BCUT2D eigenvalue weighted by molar-refractivity contribution is 0.481. The van der Waals surface area contributed by atoms with Crippen LogP contribution in [0.5, 0.6) is 0 Å². The zero-order valence-electron chi connectivity index (χ0n) is 18.2. The van der Waals surface area contributed by atoms with Gasteiger partial charge in [0.15, 0.2) is 0 Å². The summed E-state index contributed by atoms with van der Waals surface area (Å²) in [5.41, 5.74) is 1.51. The van der Waals surface area contributed by atoms with Crippen molar-refractivity contribution in [1.29, 1.82) is 0 Å². The fourth-order valence-corrected chi connectivity index (χ4v) is 5.68. The van der Waals surface area contributed by atoms with Crippen molar-refractivity contribution in [2.75, 3.05) is 13.1 Å². The molecule has 4 rings (SSSR count). The molecule has 2 N–H and O–H groups in total. The van der Waals surface area contributed by atoms with E-state index in [1.165, 1.54) is 6.07 Å². The molecule has 1 aliphatic carbocycles. The lowest BCUT2D eigenvalue weighted by Gasteiger charge is -2.17. The maximum atomic E-state index is 12.3. The maximum absolute atomic E-state index is 12.3. The number of hydrogen-bond donors (Lipinski definition) is 2. The Bertz CT molecular complexity index is 1680. The van der Waals surface area contributed by atoms with E-state index in [2.05, 4.69) is 20.5 Å². The first-order valence-corrected chi connectivity index (χ1v) is 13.9. The molecule has 0 bridgehead atoms. The van der Waals surface area contributed by atoms with E-state index in [1.54, 1.807) is 24.3 Å². The summed E-state index contributed by atoms with van der Waals surface area (Å²) in [6.07, 6.45) is 0. The number of halogens is 1. The average molecular weight is 567 g/mol. The third kappa shape index (κ3) is 4.53. The van der Waals surface area contributed by atoms with Crippen LogP contribution in [0.2, 0.25) is 0 Å². The standard InChI is InChI=1S/C23H20BrNO7S2/c1-3-25(4-2)15-6-8-17-21(12-15)32-20-10-5-14(24)11-19(20)23(17)18-9-7-16(33(26,27)28)13-22(18)34(29,30)31/h5-13H,3-4H2,1-2H3,(H-,26,27,28,29,30,31)/p+1. The van der Waals surface area contributed by atoms with E-state index in [0.29, 0.717) is 32.3 Å². The molecule has 34 heavy (non-hydrogen) atoms. The summed E-state index contributed by atoms with van der Waals surface area (Å²) >= 11 is 3.42. The maximum Gasteiger partial charge on any atom is 0.295 e. The summed E-state index contributed by atoms with van der Waals surface area (Å²) < 4.78 is 76.3. The van der Waals surface area contributed by atoms with Gasteiger partial charge in [0.05, 0.1) is 11.0 Å². The van der Waals surface area contributed by atoms with Gasteiger partial charge < -0.3 is 4.42 Å². The number of rotatable bonds is 5. The van der Waals surface area contributed by atoms with Crippen LogP contribution in [-0.2, 0) is 20.2 Å². The minimum atomic E-state index is -4.87. The Kier molecular flexibility index (Phi) is 6.42. The molecule has 0 radical (unpaired) electrons. The summed E-state index contributed by atoms with van der Waals surface area (Å²) in [6, 6.07) is 13.9. The molecule has 2 aliphatic rings. The minimum absolute atomic E-state index is 0.0642. The molecular weight excluding hydrogens is 546 g/mol. The van der Waals surface area contributed by atoms with Crippen molar-refractivity contribution in [3.63, 3.8) is 0 Å². The van der Waals surface area contributed by atoms with Gasteiger partial charge in [0.2, 0.25) is 5.36 Å². The van der Waals surface area contributed by atoms with Crippen LogP contribution in [0, 0.1) is 0 Å². The van der Waals surface area contributed by atoms with Gasteiger partial charge in [-0.3, -0.25) is 9.11 Å². The Morgan fingerprint density at radius 2 is 1.53 bits per heavy atom. The number of nitrogens with zero attached hydrogens (tertiary/aromatic N) is 1. The monoisotopic (exact) mass is 566 g/mol. The van der Waals surface area contributed by atoms with E-state index in [4.69, 9.17) is 4.42 Å². The van der Waals surface area contributed by atoms with Crippen LogP contribution < -0.4 is 9.93 Å². The molecule has 2 aromatic carbocycles. The second-order valence-corrected chi connectivity index (χ2v) is 11.3. The number of hydrogen-bond acceptors (Lipinski definition) is 5. The van der Waals surface area contributed by atoms with Gasteiger partial charge in [-0.05, 0) is 50.2 Å². The normalized spacial score (nSPS) is 12.4. The molecule has 2 aromatic rings. The highest BCUT2D eigenvalue weighted by Gasteiger charge is 2.26. The Labute approximate surface area is 205 Å². The van der Waals surface area contributed by atoms with E-state index < -0.39 is 30.0 Å². The molecule has 0 aromatic heterocycles. The van der Waals surface area contributed by atoms with E-state index in [-0.39, 0.29) is 5.56 Å². The van der Waals surface area contributed by atoms with Crippen molar-refractivity contribution in [3.05, 3.63) is 64.4 Å². The summed E-state index contributed by atoms with van der Waals surface area (Å²) in [5.74, 6) is 0.481. The van der Waals surface area contributed by atoms with Crippen LogP contribution in [-0.4, -0.2) is 39.0 Å². The summed E-state index contributed by atoms with van der Waals surface area (Å²) in [7, 11) is -9.57. The Balaban J connectivity index is 2.21. The molecule has 178 valence electrons. The fraction of sp³-hybridized carbons (Fsp3) is 0.174. The molecule has 0 amide bonds. The SMILES string of the molecule is CC[N+](CC)=c1ccc2c(-c3ccc(S(=O)(=O)O)cc3S(=O)(=O)O)c3cc(Br)ccc3oc-2c1. The third-order valence-corrected chi connectivity index (χ3v) is 7.83. The first-order valence-electron chi connectivity index (χ1n) is 10.3. The molecule has 8 nitrogen and oxygen atoms in total. The summed E-state index contributed by atoms with van der Waals surface area (Å²) in [4.78, 5) is -1.30. The first-order chi connectivity index (χ1) is 15.9.